The number of anilines is 2. The Balaban J connectivity index is 1.85. The summed E-state index contributed by atoms with van der Waals surface area (Å²) >= 11 is 0. The molecule has 0 fully saturated rings. The molecule has 0 radical (unpaired) electrons. The van der Waals surface area contributed by atoms with E-state index in [9.17, 15) is 9.59 Å². The smallest absolute Gasteiger partial charge is 0.238 e. The van der Waals surface area contributed by atoms with E-state index in [1.54, 1.807) is 20.1 Å². The molecule has 0 saturated heterocycles. The van der Waals surface area contributed by atoms with Crippen LogP contribution in [0.4, 0.5) is 11.4 Å². The van der Waals surface area contributed by atoms with Crippen molar-refractivity contribution in [2.75, 3.05) is 24.3 Å². The Morgan fingerprint density at radius 1 is 1.00 bits per heavy atom. The van der Waals surface area contributed by atoms with Crippen LogP contribution in [0.2, 0.25) is 0 Å². The van der Waals surface area contributed by atoms with E-state index >= 15 is 0 Å². The van der Waals surface area contributed by atoms with Gasteiger partial charge in [-0.2, -0.15) is 0 Å². The lowest BCUT2D eigenvalue weighted by atomic mass is 10.1. The molecule has 0 bridgehead atoms. The van der Waals surface area contributed by atoms with Crippen molar-refractivity contribution in [3.05, 3.63) is 53.6 Å². The van der Waals surface area contributed by atoms with Crippen molar-refractivity contribution in [1.82, 2.24) is 5.32 Å². The quantitative estimate of drug-likeness (QED) is 0.680. The number of rotatable bonds is 8. The molecule has 0 spiro atoms. The highest BCUT2D eigenvalue weighted by atomic mass is 16.5. The van der Waals surface area contributed by atoms with E-state index in [0.717, 1.165) is 16.9 Å². The molecule has 0 unspecified atom stereocenters. The fourth-order valence-corrected chi connectivity index (χ4v) is 2.34. The normalized spacial score (nSPS) is 10.3. The van der Waals surface area contributed by atoms with E-state index in [4.69, 9.17) is 4.74 Å². The van der Waals surface area contributed by atoms with Crippen LogP contribution in [0.5, 0.6) is 5.75 Å². The highest BCUT2D eigenvalue weighted by Gasteiger charge is 2.07. The van der Waals surface area contributed by atoms with E-state index in [2.05, 4.69) is 16.0 Å². The summed E-state index contributed by atoms with van der Waals surface area (Å²) in [6.07, 6.45) is 0.408. The molecule has 3 N–H and O–H groups in total. The summed E-state index contributed by atoms with van der Waals surface area (Å²) < 4.78 is 5.12. The maximum Gasteiger partial charge on any atom is 0.238 e. The second-order valence-electron chi connectivity index (χ2n) is 5.93. The fraction of sp³-hybridized carbons (Fsp3) is 0.300. The first-order valence-electron chi connectivity index (χ1n) is 8.55. The largest absolute Gasteiger partial charge is 0.497 e. The molecule has 138 valence electrons. The highest BCUT2D eigenvalue weighted by molar-refractivity contribution is 5.95. The Hall–Kier alpha value is -2.86. The van der Waals surface area contributed by atoms with Crippen molar-refractivity contribution in [3.63, 3.8) is 0 Å². The maximum atomic E-state index is 12.1. The van der Waals surface area contributed by atoms with Gasteiger partial charge in [0.15, 0.2) is 0 Å². The van der Waals surface area contributed by atoms with Crippen molar-refractivity contribution in [3.8, 4) is 5.75 Å². The van der Waals surface area contributed by atoms with Gasteiger partial charge in [-0.3, -0.25) is 9.59 Å². The molecular formula is C20H25N3O3. The van der Waals surface area contributed by atoms with E-state index in [-0.39, 0.29) is 18.4 Å². The van der Waals surface area contributed by atoms with Gasteiger partial charge in [0.1, 0.15) is 5.75 Å². The molecule has 6 heteroatoms. The van der Waals surface area contributed by atoms with Crippen LogP contribution >= 0.6 is 0 Å². The van der Waals surface area contributed by atoms with Crippen LogP contribution in [0.3, 0.4) is 0 Å². The SMILES string of the molecule is CCC(=O)Nc1cc(NC(=O)CNCc2ccc(OC)cc2)ccc1C. The van der Waals surface area contributed by atoms with E-state index in [1.165, 1.54) is 0 Å². The summed E-state index contributed by atoms with van der Waals surface area (Å²) in [5, 5.41) is 8.77. The zero-order chi connectivity index (χ0) is 18.9. The average molecular weight is 355 g/mol. The number of nitrogens with one attached hydrogen (secondary N) is 3. The summed E-state index contributed by atoms with van der Waals surface area (Å²) in [7, 11) is 1.63. The number of ether oxygens (including phenoxy) is 1. The lowest BCUT2D eigenvalue weighted by Crippen LogP contribution is -2.27. The van der Waals surface area contributed by atoms with Crippen LogP contribution < -0.4 is 20.7 Å². The van der Waals surface area contributed by atoms with Crippen LogP contribution in [0.15, 0.2) is 42.5 Å². The minimum Gasteiger partial charge on any atom is -0.497 e. The minimum absolute atomic E-state index is 0.0577. The van der Waals surface area contributed by atoms with Crippen molar-refractivity contribution in [2.24, 2.45) is 0 Å². The summed E-state index contributed by atoms with van der Waals surface area (Å²) in [5.74, 6) is 0.602. The Kier molecular flexibility index (Phi) is 7.17. The lowest BCUT2D eigenvalue weighted by Gasteiger charge is -2.11. The van der Waals surface area contributed by atoms with Gasteiger partial charge in [-0.25, -0.2) is 0 Å². The average Bonchev–Trinajstić information content (AvgIpc) is 2.65. The number of aryl methyl sites for hydroxylation is 1. The van der Waals surface area contributed by atoms with Crippen LogP contribution in [-0.2, 0) is 16.1 Å². The first-order chi connectivity index (χ1) is 12.5. The molecule has 0 aromatic heterocycles. The zero-order valence-corrected chi connectivity index (χ0v) is 15.4. The van der Waals surface area contributed by atoms with Crippen LogP contribution in [0.1, 0.15) is 24.5 Å². The molecule has 2 aromatic carbocycles. The third kappa shape index (κ3) is 5.89. The van der Waals surface area contributed by atoms with E-state index in [0.29, 0.717) is 24.3 Å². The molecule has 26 heavy (non-hydrogen) atoms. The van der Waals surface area contributed by atoms with Crippen molar-refractivity contribution < 1.29 is 14.3 Å². The standard InChI is InChI=1S/C20H25N3O3/c1-4-19(24)23-18-11-16(8-5-14(18)2)22-20(25)13-21-12-15-6-9-17(26-3)10-7-15/h5-11,21H,4,12-13H2,1-3H3,(H,22,25)(H,23,24). The van der Waals surface area contributed by atoms with Gasteiger partial charge < -0.3 is 20.7 Å². The predicted molar refractivity (Wildman–Crippen MR) is 103 cm³/mol. The van der Waals surface area contributed by atoms with Gasteiger partial charge in [-0.15, -0.1) is 0 Å². The van der Waals surface area contributed by atoms with Crippen molar-refractivity contribution in [1.29, 1.82) is 0 Å². The molecule has 0 saturated carbocycles. The minimum atomic E-state index is -0.143. The lowest BCUT2D eigenvalue weighted by molar-refractivity contribution is -0.116. The van der Waals surface area contributed by atoms with Gasteiger partial charge in [-0.05, 0) is 42.3 Å². The topological polar surface area (TPSA) is 79.5 Å². The van der Waals surface area contributed by atoms with Gasteiger partial charge in [0.05, 0.1) is 13.7 Å². The predicted octanol–water partition coefficient (Wildman–Crippen LogP) is 3.08. The summed E-state index contributed by atoms with van der Waals surface area (Å²) in [6, 6.07) is 13.1. The summed E-state index contributed by atoms with van der Waals surface area (Å²) in [6.45, 7) is 4.48. The maximum absolute atomic E-state index is 12.1. The molecule has 0 heterocycles. The Labute approximate surface area is 153 Å². The van der Waals surface area contributed by atoms with Crippen LogP contribution in [0, 0.1) is 6.92 Å². The number of carbonyl (C=O) groups is 2. The Bertz CT molecular complexity index is 757. The third-order valence-electron chi connectivity index (χ3n) is 3.89. The Morgan fingerprint density at radius 3 is 2.38 bits per heavy atom. The van der Waals surface area contributed by atoms with E-state index < -0.39 is 0 Å². The second-order valence-corrected chi connectivity index (χ2v) is 5.93. The molecule has 2 amide bonds. The highest BCUT2D eigenvalue weighted by Crippen LogP contribution is 2.20. The second kappa shape index (κ2) is 9.58. The number of methoxy groups -OCH3 is 1. The van der Waals surface area contributed by atoms with Gasteiger partial charge in [0.25, 0.3) is 0 Å². The summed E-state index contributed by atoms with van der Waals surface area (Å²) in [5.41, 5.74) is 3.38. The first-order valence-corrected chi connectivity index (χ1v) is 8.55. The first kappa shape index (κ1) is 19.5. The number of amides is 2. The molecule has 0 atom stereocenters. The van der Waals surface area contributed by atoms with E-state index in [1.807, 2.05) is 43.3 Å². The molecule has 0 aliphatic carbocycles. The molecular weight excluding hydrogens is 330 g/mol. The van der Waals surface area contributed by atoms with Gasteiger partial charge in [0.2, 0.25) is 11.8 Å². The zero-order valence-electron chi connectivity index (χ0n) is 15.4. The van der Waals surface area contributed by atoms with Gasteiger partial charge in [-0.1, -0.05) is 25.1 Å². The number of benzene rings is 2. The third-order valence-corrected chi connectivity index (χ3v) is 3.89. The molecule has 2 aromatic rings. The molecule has 0 aliphatic heterocycles. The molecule has 2 rings (SSSR count). The Morgan fingerprint density at radius 2 is 1.73 bits per heavy atom. The van der Waals surface area contributed by atoms with Crippen LogP contribution in [-0.4, -0.2) is 25.5 Å². The molecule has 6 nitrogen and oxygen atoms in total. The summed E-state index contributed by atoms with van der Waals surface area (Å²) in [4.78, 5) is 23.7. The van der Waals surface area contributed by atoms with Crippen LogP contribution in [0.25, 0.3) is 0 Å². The van der Waals surface area contributed by atoms with Gasteiger partial charge in [0, 0.05) is 24.3 Å². The fourth-order valence-electron chi connectivity index (χ4n) is 2.34. The number of hydrogen-bond acceptors (Lipinski definition) is 4. The number of hydrogen-bond donors (Lipinski definition) is 3. The number of carbonyl (C=O) groups excluding carboxylic acids is 2. The monoisotopic (exact) mass is 355 g/mol. The van der Waals surface area contributed by atoms with Crippen molar-refractivity contribution in [2.45, 2.75) is 26.8 Å². The van der Waals surface area contributed by atoms with Crippen molar-refractivity contribution >= 4 is 23.2 Å². The molecule has 0 aliphatic rings. The van der Waals surface area contributed by atoms with Gasteiger partial charge >= 0.3 is 0 Å².